The first kappa shape index (κ1) is 24.0. The van der Waals surface area contributed by atoms with E-state index in [9.17, 15) is 9.59 Å². The Morgan fingerprint density at radius 2 is 1.54 bits per heavy atom. The van der Waals surface area contributed by atoms with Gasteiger partial charge in [0.1, 0.15) is 0 Å². The summed E-state index contributed by atoms with van der Waals surface area (Å²) in [6.07, 6.45) is -1.97. The summed E-state index contributed by atoms with van der Waals surface area (Å²) < 4.78 is 0. The van der Waals surface area contributed by atoms with E-state index in [4.69, 9.17) is 25.4 Å². The highest BCUT2D eigenvalue weighted by Crippen LogP contribution is 2.41. The Balaban J connectivity index is 0.000000336. The molecule has 8 heteroatoms. The van der Waals surface area contributed by atoms with Crippen LogP contribution in [0.3, 0.4) is 0 Å². The molecule has 2 rings (SSSR count). The van der Waals surface area contributed by atoms with Crippen LogP contribution < -0.4 is 0 Å². The highest BCUT2D eigenvalue weighted by molar-refractivity contribution is 5.83. The number of hydrogen-bond donors (Lipinski definition) is 4. The maximum Gasteiger partial charge on any atom is 0.335 e. The van der Waals surface area contributed by atoms with E-state index in [0.717, 1.165) is 6.54 Å². The Labute approximate surface area is 165 Å². The lowest BCUT2D eigenvalue weighted by Gasteiger charge is -2.37. The third kappa shape index (κ3) is 4.87. The van der Waals surface area contributed by atoms with Crippen LogP contribution in [0.4, 0.5) is 0 Å². The van der Waals surface area contributed by atoms with Gasteiger partial charge in [0.05, 0.1) is 0 Å². The molecule has 8 nitrogen and oxygen atoms in total. The molecule has 2 heterocycles. The number of carboxylic acid groups (broad SMARTS) is 2. The number of aromatic nitrogens is 1. The van der Waals surface area contributed by atoms with Gasteiger partial charge in [0.25, 0.3) is 0 Å². The van der Waals surface area contributed by atoms with E-state index in [1.54, 1.807) is 0 Å². The minimum Gasteiger partial charge on any atom is -0.479 e. The van der Waals surface area contributed by atoms with Crippen LogP contribution in [0.5, 0.6) is 0 Å². The topological polar surface area (TPSA) is 131 Å². The number of carbonyl (C=O) groups is 2. The second-order valence-corrected chi connectivity index (χ2v) is 7.43. The number of rotatable bonds is 5. The van der Waals surface area contributed by atoms with E-state index in [2.05, 4.69) is 46.4 Å². The Bertz CT molecular complexity index is 718. The lowest BCUT2D eigenvalue weighted by atomic mass is 9.83. The first-order chi connectivity index (χ1) is 12.9. The van der Waals surface area contributed by atoms with E-state index in [-0.39, 0.29) is 5.54 Å². The van der Waals surface area contributed by atoms with Gasteiger partial charge in [-0.2, -0.15) is 0 Å². The van der Waals surface area contributed by atoms with Crippen LogP contribution in [0.25, 0.3) is 0 Å². The summed E-state index contributed by atoms with van der Waals surface area (Å²) in [5, 5.41) is 32.5. The van der Waals surface area contributed by atoms with Crippen molar-refractivity contribution in [3.63, 3.8) is 0 Å². The number of hydrogen-bond acceptors (Lipinski definition) is 6. The smallest absolute Gasteiger partial charge is 0.335 e. The molecular formula is C20H32N2O6. The Morgan fingerprint density at radius 1 is 1.04 bits per heavy atom. The molecular weight excluding hydrogens is 364 g/mol. The molecule has 4 N–H and O–H groups in total. The molecule has 0 spiro atoms. The Hall–Kier alpha value is -2.03. The number of aliphatic hydroxyl groups excluding tert-OH is 2. The predicted octanol–water partition coefficient (Wildman–Crippen LogP) is 1.52. The third-order valence-electron chi connectivity index (χ3n) is 5.69. The molecule has 1 fully saturated rings. The molecule has 0 saturated carbocycles. The van der Waals surface area contributed by atoms with Gasteiger partial charge in [-0.15, -0.1) is 0 Å². The molecule has 1 aromatic heterocycles. The number of aliphatic hydroxyl groups is 2. The summed E-state index contributed by atoms with van der Waals surface area (Å²) >= 11 is 0. The molecule has 1 saturated heterocycles. The first-order valence-electron chi connectivity index (χ1n) is 9.40. The average molecular weight is 396 g/mol. The van der Waals surface area contributed by atoms with Gasteiger partial charge in [-0.25, -0.2) is 9.59 Å². The second-order valence-electron chi connectivity index (χ2n) is 7.43. The number of pyridine rings is 1. The van der Waals surface area contributed by atoms with Crippen LogP contribution in [0.1, 0.15) is 54.8 Å². The molecule has 0 amide bonds. The zero-order valence-corrected chi connectivity index (χ0v) is 17.5. The Morgan fingerprint density at radius 3 is 1.96 bits per heavy atom. The SMILES string of the molecule is CCN1CCCC1(C)c1c(C)nc(C)c(C)c1C.O=C(O)C(O)C(O)C(=O)O. The van der Waals surface area contributed by atoms with Crippen molar-refractivity contribution in [3.8, 4) is 0 Å². The van der Waals surface area contributed by atoms with Crippen LogP contribution in [0.15, 0.2) is 0 Å². The fourth-order valence-corrected chi connectivity index (χ4v) is 3.99. The fourth-order valence-electron chi connectivity index (χ4n) is 3.99. The number of nitrogens with zero attached hydrogens (tertiary/aromatic N) is 2. The summed E-state index contributed by atoms with van der Waals surface area (Å²) in [6, 6.07) is 0. The predicted molar refractivity (Wildman–Crippen MR) is 104 cm³/mol. The number of aliphatic carboxylic acids is 2. The van der Waals surface area contributed by atoms with Gasteiger partial charge < -0.3 is 20.4 Å². The molecule has 158 valence electrons. The van der Waals surface area contributed by atoms with Gasteiger partial charge in [-0.1, -0.05) is 6.92 Å². The monoisotopic (exact) mass is 396 g/mol. The van der Waals surface area contributed by atoms with Crippen LogP contribution in [-0.4, -0.2) is 67.5 Å². The molecule has 1 aliphatic rings. The number of aryl methyl sites for hydroxylation is 2. The van der Waals surface area contributed by atoms with E-state index < -0.39 is 24.1 Å². The average Bonchev–Trinajstić information content (AvgIpc) is 2.99. The van der Waals surface area contributed by atoms with Crippen molar-refractivity contribution in [3.05, 3.63) is 28.1 Å². The standard InChI is InChI=1S/C16H26N2.C4H6O6/c1-7-18-10-8-9-16(18,6)15-12(3)11(2)13(4)17-14(15)5;5-1(3(7)8)2(6)4(9)10/h7-10H2,1-6H3;1-2,5-6H,(H,7,8)(H,9,10). The first-order valence-corrected chi connectivity index (χ1v) is 9.40. The minimum absolute atomic E-state index is 0.189. The van der Waals surface area contributed by atoms with Gasteiger partial charge >= 0.3 is 11.9 Å². The molecule has 3 unspecified atom stereocenters. The second kappa shape index (κ2) is 9.45. The van der Waals surface area contributed by atoms with E-state index >= 15 is 0 Å². The van der Waals surface area contributed by atoms with Gasteiger partial charge in [-0.3, -0.25) is 9.88 Å². The van der Waals surface area contributed by atoms with E-state index in [1.807, 2.05) is 0 Å². The van der Waals surface area contributed by atoms with Crippen molar-refractivity contribution in [1.82, 2.24) is 9.88 Å². The number of carboxylic acids is 2. The molecule has 0 aliphatic carbocycles. The maximum absolute atomic E-state index is 9.77. The third-order valence-corrected chi connectivity index (χ3v) is 5.69. The normalized spacial score (nSPS) is 21.6. The van der Waals surface area contributed by atoms with Gasteiger partial charge in [0, 0.05) is 16.9 Å². The summed E-state index contributed by atoms with van der Waals surface area (Å²) in [5.74, 6) is -3.54. The van der Waals surface area contributed by atoms with Crippen molar-refractivity contribution >= 4 is 11.9 Å². The molecule has 1 aliphatic heterocycles. The molecule has 1 aromatic rings. The van der Waals surface area contributed by atoms with Crippen LogP contribution in [-0.2, 0) is 15.1 Å². The zero-order valence-electron chi connectivity index (χ0n) is 17.5. The zero-order chi connectivity index (χ0) is 21.8. The van der Waals surface area contributed by atoms with Crippen LogP contribution >= 0.6 is 0 Å². The molecule has 0 aromatic carbocycles. The van der Waals surface area contributed by atoms with Crippen molar-refractivity contribution in [2.45, 2.75) is 72.1 Å². The summed E-state index contributed by atoms with van der Waals surface area (Å²) in [4.78, 5) is 26.9. The van der Waals surface area contributed by atoms with Crippen molar-refractivity contribution in [2.24, 2.45) is 0 Å². The Kier molecular flexibility index (Phi) is 8.10. The largest absolute Gasteiger partial charge is 0.479 e. The lowest BCUT2D eigenvalue weighted by Crippen LogP contribution is -2.40. The van der Waals surface area contributed by atoms with Gasteiger partial charge in [0.2, 0.25) is 0 Å². The quantitative estimate of drug-likeness (QED) is 0.589. The van der Waals surface area contributed by atoms with Gasteiger partial charge in [-0.05, 0) is 77.2 Å². The highest BCUT2D eigenvalue weighted by atomic mass is 16.4. The van der Waals surface area contributed by atoms with Crippen molar-refractivity contribution in [1.29, 1.82) is 0 Å². The maximum atomic E-state index is 9.77. The minimum atomic E-state index is -2.27. The van der Waals surface area contributed by atoms with Crippen LogP contribution in [0, 0.1) is 27.7 Å². The van der Waals surface area contributed by atoms with E-state index in [0.29, 0.717) is 0 Å². The molecule has 0 bridgehead atoms. The fraction of sp³-hybridized carbons (Fsp3) is 0.650. The molecule has 3 atom stereocenters. The van der Waals surface area contributed by atoms with Crippen LogP contribution in [0.2, 0.25) is 0 Å². The summed E-state index contributed by atoms with van der Waals surface area (Å²) in [7, 11) is 0. The highest BCUT2D eigenvalue weighted by Gasteiger charge is 2.39. The lowest BCUT2D eigenvalue weighted by molar-refractivity contribution is -0.165. The van der Waals surface area contributed by atoms with Gasteiger partial charge in [0.15, 0.2) is 12.2 Å². The molecule has 28 heavy (non-hydrogen) atoms. The van der Waals surface area contributed by atoms with E-state index in [1.165, 1.54) is 47.5 Å². The summed E-state index contributed by atoms with van der Waals surface area (Å²) in [6.45, 7) is 15.8. The summed E-state index contributed by atoms with van der Waals surface area (Å²) in [5.41, 5.74) is 6.87. The van der Waals surface area contributed by atoms with Crippen molar-refractivity contribution < 1.29 is 30.0 Å². The number of likely N-dealkylation sites (tertiary alicyclic amines) is 1. The van der Waals surface area contributed by atoms with Crippen molar-refractivity contribution in [2.75, 3.05) is 13.1 Å². The molecule has 0 radical (unpaired) electrons.